The van der Waals surface area contributed by atoms with Crippen LogP contribution in [0.4, 0.5) is 13.2 Å². The minimum absolute atomic E-state index is 0.121. The number of carbonyl (C=O) groups excluding carboxylic acids is 1. The summed E-state index contributed by atoms with van der Waals surface area (Å²) in [5.41, 5.74) is 1.74. The molecular weight excluding hydrogens is 269 g/mol. The van der Waals surface area contributed by atoms with Gasteiger partial charge in [-0.05, 0) is 24.2 Å². The predicted octanol–water partition coefficient (Wildman–Crippen LogP) is 2.71. The summed E-state index contributed by atoms with van der Waals surface area (Å²) in [5, 5.41) is 1.85. The maximum atomic E-state index is 12.0. The molecule has 6 heteroatoms. The second-order valence-electron chi connectivity index (χ2n) is 4.46. The van der Waals surface area contributed by atoms with Gasteiger partial charge in [0.2, 0.25) is 0 Å². The lowest BCUT2D eigenvalue weighted by molar-refractivity contribution is -0.173. The van der Waals surface area contributed by atoms with Crippen molar-refractivity contribution in [3.05, 3.63) is 35.4 Å². The van der Waals surface area contributed by atoms with E-state index in [1.54, 1.807) is 12.1 Å². The molecule has 0 spiro atoms. The zero-order chi connectivity index (χ0) is 15.2. The molecule has 20 heavy (non-hydrogen) atoms. The molecule has 1 N–H and O–H groups in total. The van der Waals surface area contributed by atoms with E-state index in [1.165, 1.54) is 0 Å². The molecule has 0 atom stereocenters. The quantitative estimate of drug-likeness (QED) is 0.873. The number of alkyl halides is 3. The van der Waals surface area contributed by atoms with Crippen molar-refractivity contribution in [2.75, 3.05) is 13.1 Å². The van der Waals surface area contributed by atoms with E-state index in [2.05, 4.69) is 18.7 Å². The Morgan fingerprint density at radius 3 is 2.05 bits per heavy atom. The molecule has 0 aliphatic heterocycles. The van der Waals surface area contributed by atoms with Crippen molar-refractivity contribution >= 4 is 5.91 Å². The molecule has 0 unspecified atom stereocenters. The first kappa shape index (κ1) is 16.5. The van der Waals surface area contributed by atoms with Gasteiger partial charge in [0.15, 0.2) is 0 Å². The maximum Gasteiger partial charge on any atom is 0.471 e. The van der Waals surface area contributed by atoms with Crippen LogP contribution in [0.15, 0.2) is 24.3 Å². The van der Waals surface area contributed by atoms with E-state index in [4.69, 9.17) is 0 Å². The van der Waals surface area contributed by atoms with E-state index < -0.39 is 12.1 Å². The Hall–Kier alpha value is -1.56. The monoisotopic (exact) mass is 288 g/mol. The van der Waals surface area contributed by atoms with Crippen LogP contribution in [-0.2, 0) is 17.9 Å². The molecule has 112 valence electrons. The van der Waals surface area contributed by atoms with Gasteiger partial charge in [0, 0.05) is 13.1 Å². The summed E-state index contributed by atoms with van der Waals surface area (Å²) in [6.45, 7) is 6.72. The number of amides is 1. The van der Waals surface area contributed by atoms with Gasteiger partial charge >= 0.3 is 12.1 Å². The molecule has 1 aromatic rings. The lowest BCUT2D eigenvalue weighted by atomic mass is 10.1. The smallest absolute Gasteiger partial charge is 0.344 e. The van der Waals surface area contributed by atoms with Crippen LogP contribution in [0.5, 0.6) is 0 Å². The van der Waals surface area contributed by atoms with Crippen molar-refractivity contribution in [1.82, 2.24) is 10.2 Å². The largest absolute Gasteiger partial charge is 0.471 e. The Morgan fingerprint density at radius 1 is 1.10 bits per heavy atom. The van der Waals surface area contributed by atoms with Gasteiger partial charge < -0.3 is 5.32 Å². The summed E-state index contributed by atoms with van der Waals surface area (Å²) in [7, 11) is 0. The standard InChI is InChI=1S/C14H19F3N2O/c1-3-19(4-2)10-12-7-5-11(6-8-12)9-18-13(20)14(15,16)17/h5-8H,3-4,9-10H2,1-2H3,(H,18,20). The fraction of sp³-hybridized carbons (Fsp3) is 0.500. The van der Waals surface area contributed by atoms with Crippen molar-refractivity contribution in [3.8, 4) is 0 Å². The minimum Gasteiger partial charge on any atom is -0.344 e. The molecule has 0 saturated heterocycles. The Labute approximate surface area is 116 Å². The number of rotatable bonds is 6. The summed E-state index contributed by atoms with van der Waals surface area (Å²) in [5.74, 6) is -1.91. The van der Waals surface area contributed by atoms with Crippen LogP contribution in [0.2, 0.25) is 0 Å². The molecule has 1 rings (SSSR count). The van der Waals surface area contributed by atoms with Crippen molar-refractivity contribution in [2.45, 2.75) is 33.1 Å². The van der Waals surface area contributed by atoms with Gasteiger partial charge in [-0.3, -0.25) is 9.69 Å². The molecule has 3 nitrogen and oxygen atoms in total. The molecule has 0 heterocycles. The molecule has 0 bridgehead atoms. The van der Waals surface area contributed by atoms with Crippen molar-refractivity contribution in [2.24, 2.45) is 0 Å². The number of carbonyl (C=O) groups is 1. The molecule has 1 aromatic carbocycles. The SMILES string of the molecule is CCN(CC)Cc1ccc(CNC(=O)C(F)(F)F)cc1. The summed E-state index contributed by atoms with van der Waals surface area (Å²) < 4.78 is 36.1. The molecular formula is C14H19F3N2O. The average molecular weight is 288 g/mol. The highest BCUT2D eigenvalue weighted by molar-refractivity contribution is 5.81. The molecule has 0 aliphatic rings. The number of hydrogen-bond donors (Lipinski definition) is 1. The van der Waals surface area contributed by atoms with Crippen LogP contribution in [0.3, 0.4) is 0 Å². The number of benzene rings is 1. The van der Waals surface area contributed by atoms with Gasteiger partial charge in [0.25, 0.3) is 0 Å². The van der Waals surface area contributed by atoms with Gasteiger partial charge in [-0.25, -0.2) is 0 Å². The number of nitrogens with zero attached hydrogens (tertiary/aromatic N) is 1. The normalized spacial score (nSPS) is 11.7. The van der Waals surface area contributed by atoms with Crippen LogP contribution < -0.4 is 5.32 Å². The average Bonchev–Trinajstić information content (AvgIpc) is 2.42. The van der Waals surface area contributed by atoms with Gasteiger partial charge in [-0.2, -0.15) is 13.2 Å². The Kier molecular flexibility index (Phi) is 6.01. The van der Waals surface area contributed by atoms with E-state index in [-0.39, 0.29) is 6.54 Å². The van der Waals surface area contributed by atoms with Crippen molar-refractivity contribution in [1.29, 1.82) is 0 Å². The molecule has 0 aromatic heterocycles. The first-order valence-electron chi connectivity index (χ1n) is 6.52. The second-order valence-corrected chi connectivity index (χ2v) is 4.46. The first-order chi connectivity index (χ1) is 9.36. The van der Waals surface area contributed by atoms with Crippen molar-refractivity contribution in [3.63, 3.8) is 0 Å². The highest BCUT2D eigenvalue weighted by atomic mass is 19.4. The lowest BCUT2D eigenvalue weighted by Crippen LogP contribution is -2.36. The highest BCUT2D eigenvalue weighted by Gasteiger charge is 2.38. The molecule has 0 fully saturated rings. The van der Waals surface area contributed by atoms with E-state index in [1.807, 2.05) is 17.4 Å². The topological polar surface area (TPSA) is 32.3 Å². The van der Waals surface area contributed by atoms with Gasteiger partial charge in [0.1, 0.15) is 0 Å². The third-order valence-electron chi connectivity index (χ3n) is 3.03. The van der Waals surface area contributed by atoms with Crippen LogP contribution in [0.1, 0.15) is 25.0 Å². The highest BCUT2D eigenvalue weighted by Crippen LogP contribution is 2.14. The molecule has 1 amide bonds. The van der Waals surface area contributed by atoms with Gasteiger partial charge in [-0.1, -0.05) is 38.1 Å². The van der Waals surface area contributed by atoms with E-state index >= 15 is 0 Å². The number of nitrogens with one attached hydrogen (secondary N) is 1. The fourth-order valence-corrected chi connectivity index (χ4v) is 1.75. The second kappa shape index (κ2) is 7.28. The molecule has 0 saturated carbocycles. The minimum atomic E-state index is -4.83. The zero-order valence-electron chi connectivity index (χ0n) is 11.6. The van der Waals surface area contributed by atoms with Crippen LogP contribution in [0.25, 0.3) is 0 Å². The predicted molar refractivity (Wildman–Crippen MR) is 71.0 cm³/mol. The van der Waals surface area contributed by atoms with E-state index in [0.29, 0.717) is 5.56 Å². The maximum absolute atomic E-state index is 12.0. The van der Waals surface area contributed by atoms with E-state index in [0.717, 1.165) is 25.2 Å². The van der Waals surface area contributed by atoms with Crippen molar-refractivity contribution < 1.29 is 18.0 Å². The Morgan fingerprint density at radius 2 is 1.60 bits per heavy atom. The fourth-order valence-electron chi connectivity index (χ4n) is 1.75. The summed E-state index contributed by atoms with van der Waals surface area (Å²) in [6, 6.07) is 7.20. The third kappa shape index (κ3) is 5.21. The molecule has 0 aliphatic carbocycles. The van der Waals surface area contributed by atoms with Crippen LogP contribution >= 0.6 is 0 Å². The summed E-state index contributed by atoms with van der Waals surface area (Å²) >= 11 is 0. The first-order valence-corrected chi connectivity index (χ1v) is 6.52. The number of hydrogen-bond acceptors (Lipinski definition) is 2. The number of halogens is 3. The molecule has 0 radical (unpaired) electrons. The van der Waals surface area contributed by atoms with E-state index in [9.17, 15) is 18.0 Å². The zero-order valence-corrected chi connectivity index (χ0v) is 11.6. The summed E-state index contributed by atoms with van der Waals surface area (Å²) in [6.07, 6.45) is -4.83. The van der Waals surface area contributed by atoms with Crippen LogP contribution in [0, 0.1) is 0 Å². The van der Waals surface area contributed by atoms with Gasteiger partial charge in [-0.15, -0.1) is 0 Å². The third-order valence-corrected chi connectivity index (χ3v) is 3.03. The lowest BCUT2D eigenvalue weighted by Gasteiger charge is -2.18. The Balaban J connectivity index is 2.53. The Bertz CT molecular complexity index is 425. The van der Waals surface area contributed by atoms with Crippen LogP contribution in [-0.4, -0.2) is 30.1 Å². The van der Waals surface area contributed by atoms with Gasteiger partial charge in [0.05, 0.1) is 0 Å². The summed E-state index contributed by atoms with van der Waals surface area (Å²) in [4.78, 5) is 12.9.